The number of nitrogens with one attached hydrogen (secondary N) is 1. The maximum atomic E-state index is 13.4. The summed E-state index contributed by atoms with van der Waals surface area (Å²) in [5.74, 6) is -0.706. The molecule has 1 aliphatic heterocycles. The summed E-state index contributed by atoms with van der Waals surface area (Å²) in [4.78, 5) is 44.9. The average molecular weight is 591 g/mol. The van der Waals surface area contributed by atoms with Crippen molar-refractivity contribution in [2.24, 2.45) is 0 Å². The molecule has 1 N–H and O–H groups in total. The fourth-order valence-corrected chi connectivity index (χ4v) is 5.39. The highest BCUT2D eigenvalue weighted by atomic mass is 35.5. The fraction of sp³-hybridized carbons (Fsp3) is 0.200. The molecule has 9 nitrogen and oxygen atoms in total. The van der Waals surface area contributed by atoms with Crippen molar-refractivity contribution >= 4 is 51.5 Å². The van der Waals surface area contributed by atoms with Crippen LogP contribution in [0.15, 0.2) is 36.7 Å². The van der Waals surface area contributed by atoms with Crippen LogP contribution < -0.4 is 10.1 Å². The molecule has 5 rings (SSSR count). The quantitative estimate of drug-likeness (QED) is 0.276. The van der Waals surface area contributed by atoms with Gasteiger partial charge in [0.15, 0.2) is 5.13 Å². The van der Waals surface area contributed by atoms with Gasteiger partial charge in [-0.25, -0.2) is 23.7 Å². The van der Waals surface area contributed by atoms with Gasteiger partial charge in [-0.3, -0.25) is 19.9 Å². The standard InChI is InChI=1S/C25H18Cl2F2N6O3S/c1-11-5-13(14-6-20(27)31-8-17(14)38-2)15(7-30-11)23(36)34-25-32-16-9-35(10-18(16)39-25)24(37)21-12(22(28)29)3-4-19(26)33-21/h3-8,22H,9-10H2,1-2H3,(H,32,34,36). The normalized spacial score (nSPS) is 12.5. The topological polar surface area (TPSA) is 110 Å². The minimum Gasteiger partial charge on any atom is -0.494 e. The van der Waals surface area contributed by atoms with Gasteiger partial charge in [0, 0.05) is 28.6 Å². The summed E-state index contributed by atoms with van der Waals surface area (Å²) < 4.78 is 32.2. The van der Waals surface area contributed by atoms with Crippen molar-refractivity contribution in [3.8, 4) is 16.9 Å². The number of alkyl halides is 2. The van der Waals surface area contributed by atoms with Crippen molar-refractivity contribution in [3.63, 3.8) is 0 Å². The SMILES string of the molecule is COc1cnc(Cl)cc1-c1cc(C)ncc1C(=O)Nc1nc2c(s1)CN(C(=O)c1nc(Cl)ccc1C(F)F)C2. The number of hydrogen-bond donors (Lipinski definition) is 1. The number of halogens is 4. The zero-order valence-electron chi connectivity index (χ0n) is 20.3. The van der Waals surface area contributed by atoms with Crippen LogP contribution in [0, 0.1) is 6.92 Å². The summed E-state index contributed by atoms with van der Waals surface area (Å²) in [5.41, 5.74) is 1.72. The third-order valence-corrected chi connectivity index (χ3v) is 7.34. The number of aromatic nitrogens is 4. The molecule has 4 aromatic heterocycles. The molecule has 0 saturated heterocycles. The first-order valence-electron chi connectivity index (χ1n) is 11.3. The Morgan fingerprint density at radius 2 is 1.87 bits per heavy atom. The Labute approximate surface area is 234 Å². The predicted molar refractivity (Wildman–Crippen MR) is 142 cm³/mol. The number of nitrogens with zero attached hydrogens (tertiary/aromatic N) is 5. The maximum Gasteiger partial charge on any atom is 0.273 e. The van der Waals surface area contributed by atoms with Crippen LogP contribution >= 0.6 is 34.5 Å². The van der Waals surface area contributed by atoms with Crippen molar-refractivity contribution in [2.75, 3.05) is 12.4 Å². The third kappa shape index (κ3) is 5.40. The lowest BCUT2D eigenvalue weighted by atomic mass is 10.0. The highest BCUT2D eigenvalue weighted by Crippen LogP contribution is 2.36. The summed E-state index contributed by atoms with van der Waals surface area (Å²) >= 11 is 13.1. The number of ether oxygens (including phenoxy) is 1. The van der Waals surface area contributed by atoms with E-state index in [1.165, 1.54) is 41.8 Å². The van der Waals surface area contributed by atoms with E-state index in [1.54, 1.807) is 19.1 Å². The maximum absolute atomic E-state index is 13.4. The number of pyridine rings is 3. The summed E-state index contributed by atoms with van der Waals surface area (Å²) in [6.45, 7) is 1.99. The van der Waals surface area contributed by atoms with Gasteiger partial charge in [0.05, 0.1) is 42.5 Å². The Morgan fingerprint density at radius 3 is 2.59 bits per heavy atom. The van der Waals surface area contributed by atoms with Crippen LogP contribution in [0.4, 0.5) is 13.9 Å². The first kappa shape index (κ1) is 26.9. The van der Waals surface area contributed by atoms with E-state index in [0.717, 1.165) is 6.07 Å². The van der Waals surface area contributed by atoms with E-state index in [4.69, 9.17) is 27.9 Å². The number of carbonyl (C=O) groups excluding carboxylic acids is 2. The van der Waals surface area contributed by atoms with Gasteiger partial charge in [-0.15, -0.1) is 0 Å². The molecular weight excluding hydrogens is 573 g/mol. The monoisotopic (exact) mass is 590 g/mol. The second-order valence-corrected chi connectivity index (χ2v) is 10.3. The minimum absolute atomic E-state index is 0.0588. The smallest absolute Gasteiger partial charge is 0.273 e. The second-order valence-electron chi connectivity index (χ2n) is 8.46. The third-order valence-electron chi connectivity index (χ3n) is 5.92. The van der Waals surface area contributed by atoms with Crippen molar-refractivity contribution in [2.45, 2.75) is 26.4 Å². The zero-order valence-corrected chi connectivity index (χ0v) is 22.7. The Bertz CT molecular complexity index is 1590. The lowest BCUT2D eigenvalue weighted by molar-refractivity contribution is 0.0731. The van der Waals surface area contributed by atoms with Crippen molar-refractivity contribution < 1.29 is 23.1 Å². The van der Waals surface area contributed by atoms with Gasteiger partial charge in [0.1, 0.15) is 21.7 Å². The lowest BCUT2D eigenvalue weighted by Gasteiger charge is -2.17. The van der Waals surface area contributed by atoms with Crippen molar-refractivity contribution in [3.05, 3.63) is 80.1 Å². The van der Waals surface area contributed by atoms with E-state index < -0.39 is 29.5 Å². The second kappa shape index (κ2) is 10.8. The Hall–Kier alpha value is -3.74. The number of fused-ring (bicyclic) bond motifs is 1. The van der Waals surface area contributed by atoms with Crippen LogP contribution in [0.5, 0.6) is 5.75 Å². The molecule has 5 heterocycles. The average Bonchev–Trinajstić information content (AvgIpc) is 3.46. The van der Waals surface area contributed by atoms with Crippen molar-refractivity contribution in [1.82, 2.24) is 24.8 Å². The van der Waals surface area contributed by atoms with Crippen LogP contribution in [-0.2, 0) is 13.1 Å². The Balaban J connectivity index is 1.36. The van der Waals surface area contributed by atoms with Gasteiger partial charge in [-0.1, -0.05) is 34.5 Å². The van der Waals surface area contributed by atoms with Crippen molar-refractivity contribution in [1.29, 1.82) is 0 Å². The fourth-order valence-electron chi connectivity index (χ4n) is 4.10. The summed E-state index contributed by atoms with van der Waals surface area (Å²) in [5, 5.41) is 3.27. The highest BCUT2D eigenvalue weighted by Gasteiger charge is 2.32. The minimum atomic E-state index is -2.88. The molecule has 0 atom stereocenters. The van der Waals surface area contributed by atoms with Gasteiger partial charge in [-0.2, -0.15) is 0 Å². The number of carbonyl (C=O) groups is 2. The number of hydrogen-bond acceptors (Lipinski definition) is 8. The van der Waals surface area contributed by atoms with Crippen LogP contribution in [-0.4, -0.2) is 43.8 Å². The van der Waals surface area contributed by atoms with E-state index in [-0.39, 0.29) is 29.0 Å². The van der Waals surface area contributed by atoms with E-state index in [9.17, 15) is 18.4 Å². The molecule has 0 aromatic carbocycles. The molecule has 0 spiro atoms. The van der Waals surface area contributed by atoms with E-state index >= 15 is 0 Å². The lowest BCUT2D eigenvalue weighted by Crippen LogP contribution is -2.27. The predicted octanol–water partition coefficient (Wildman–Crippen LogP) is 5.96. The number of aryl methyl sites for hydroxylation is 1. The van der Waals surface area contributed by atoms with Crippen LogP contribution in [0.2, 0.25) is 10.3 Å². The number of rotatable bonds is 6. The van der Waals surface area contributed by atoms with Gasteiger partial charge >= 0.3 is 0 Å². The molecule has 1 aliphatic rings. The number of thiazole rings is 1. The first-order chi connectivity index (χ1) is 18.6. The largest absolute Gasteiger partial charge is 0.494 e. The van der Waals surface area contributed by atoms with Gasteiger partial charge in [0.2, 0.25) is 0 Å². The summed E-state index contributed by atoms with van der Waals surface area (Å²) in [7, 11) is 1.49. The molecule has 0 bridgehead atoms. The summed E-state index contributed by atoms with van der Waals surface area (Å²) in [6.07, 6.45) is 0.0414. The number of anilines is 1. The number of amides is 2. The first-order valence-corrected chi connectivity index (χ1v) is 12.9. The van der Waals surface area contributed by atoms with E-state index in [0.29, 0.717) is 38.3 Å². The molecule has 2 amide bonds. The molecule has 14 heteroatoms. The molecule has 0 radical (unpaired) electrons. The van der Waals surface area contributed by atoms with Gasteiger partial charge in [-0.05, 0) is 31.2 Å². The molecule has 39 heavy (non-hydrogen) atoms. The van der Waals surface area contributed by atoms with E-state index in [1.807, 2.05) is 0 Å². The van der Waals surface area contributed by atoms with Crippen LogP contribution in [0.3, 0.4) is 0 Å². The Kier molecular flexibility index (Phi) is 7.43. The highest BCUT2D eigenvalue weighted by molar-refractivity contribution is 7.16. The molecule has 0 fully saturated rings. The zero-order chi connectivity index (χ0) is 27.8. The number of methoxy groups -OCH3 is 1. The van der Waals surface area contributed by atoms with Crippen LogP contribution in [0.1, 0.15) is 49.1 Å². The Morgan fingerprint density at radius 1 is 1.08 bits per heavy atom. The van der Waals surface area contributed by atoms with E-state index in [2.05, 4.69) is 25.3 Å². The summed E-state index contributed by atoms with van der Waals surface area (Å²) in [6, 6.07) is 5.65. The molecular formula is C25H18Cl2F2N6O3S. The van der Waals surface area contributed by atoms with Gasteiger partial charge < -0.3 is 9.64 Å². The molecule has 0 aliphatic carbocycles. The molecule has 0 unspecified atom stereocenters. The van der Waals surface area contributed by atoms with Crippen LogP contribution in [0.25, 0.3) is 11.1 Å². The molecule has 200 valence electrons. The molecule has 4 aromatic rings. The molecule has 0 saturated carbocycles. The van der Waals surface area contributed by atoms with Gasteiger partial charge in [0.25, 0.3) is 18.2 Å².